The third-order valence-corrected chi connectivity index (χ3v) is 7.67. The van der Waals surface area contributed by atoms with Crippen LogP contribution in [0.3, 0.4) is 0 Å². The molecule has 1 aliphatic carbocycles. The van der Waals surface area contributed by atoms with Crippen LogP contribution in [0.4, 0.5) is 0 Å². The molecule has 2 heterocycles. The normalized spacial score (nSPS) is 18.8. The highest BCUT2D eigenvalue weighted by molar-refractivity contribution is 7.08. The van der Waals surface area contributed by atoms with Crippen molar-refractivity contribution < 1.29 is 4.79 Å². The highest BCUT2D eigenvalue weighted by atomic mass is 32.1. The lowest BCUT2D eigenvalue weighted by molar-refractivity contribution is 0.0968. The minimum Gasteiger partial charge on any atom is -0.397 e. The molecule has 0 bridgehead atoms. The van der Waals surface area contributed by atoms with Gasteiger partial charge in [0.05, 0.1) is 17.1 Å². The molecule has 0 saturated heterocycles. The Bertz CT molecular complexity index is 1260. The average Bonchev–Trinajstić information content (AvgIpc) is 3.57. The summed E-state index contributed by atoms with van der Waals surface area (Å²) in [6, 6.07) is 11.8. The molecule has 0 aliphatic heterocycles. The topological polar surface area (TPSA) is 127 Å². The number of fused-ring (bicyclic) bond motifs is 1. The molecular formula is C28H34N6OS. The summed E-state index contributed by atoms with van der Waals surface area (Å²) in [6.07, 6.45) is 6.68. The van der Waals surface area contributed by atoms with Crippen LogP contribution in [-0.2, 0) is 0 Å². The maximum atomic E-state index is 12.4. The second kappa shape index (κ2) is 11.3. The van der Waals surface area contributed by atoms with E-state index in [2.05, 4.69) is 23.2 Å². The number of hydrogen-bond donors (Lipinski definition) is 4. The summed E-state index contributed by atoms with van der Waals surface area (Å²) in [6.45, 7) is 8.32. The largest absolute Gasteiger partial charge is 0.397 e. The first-order valence-electron chi connectivity index (χ1n) is 12.2. The Hall–Kier alpha value is -3.78. The van der Waals surface area contributed by atoms with E-state index in [0.717, 1.165) is 60.0 Å². The third kappa shape index (κ3) is 5.54. The van der Waals surface area contributed by atoms with Crippen LogP contribution in [0.5, 0.6) is 0 Å². The minimum atomic E-state index is 0.197. The van der Waals surface area contributed by atoms with Crippen molar-refractivity contribution in [2.45, 2.75) is 38.5 Å². The van der Waals surface area contributed by atoms with E-state index in [1.54, 1.807) is 16.3 Å². The van der Waals surface area contributed by atoms with Gasteiger partial charge in [-0.05, 0) is 61.6 Å². The van der Waals surface area contributed by atoms with Crippen molar-refractivity contribution in [3.8, 4) is 0 Å². The molecule has 36 heavy (non-hydrogen) atoms. The van der Waals surface area contributed by atoms with Gasteiger partial charge in [0.1, 0.15) is 12.0 Å². The Kier molecular flexibility index (Phi) is 7.95. The molecule has 0 spiro atoms. The lowest BCUT2D eigenvalue weighted by atomic mass is 9.78. The summed E-state index contributed by atoms with van der Waals surface area (Å²) in [5.41, 5.74) is 23.0. The zero-order valence-corrected chi connectivity index (χ0v) is 21.3. The number of nitrogens with one attached hydrogen (secondary N) is 1. The fourth-order valence-electron chi connectivity index (χ4n) is 4.97. The van der Waals surface area contributed by atoms with Crippen LogP contribution in [-0.4, -0.2) is 22.1 Å². The maximum absolute atomic E-state index is 12.4. The second-order valence-electron chi connectivity index (χ2n) is 9.32. The number of thiophene rings is 1. The number of benzene rings is 1. The number of hydrazone groups is 1. The van der Waals surface area contributed by atoms with E-state index in [4.69, 9.17) is 17.2 Å². The van der Waals surface area contributed by atoms with E-state index in [-0.39, 0.29) is 17.4 Å². The van der Waals surface area contributed by atoms with E-state index in [0.29, 0.717) is 23.7 Å². The number of aromatic amines is 1. The Morgan fingerprint density at radius 1 is 1.17 bits per heavy atom. The standard InChI is InChI=1S/C28H34N6OS/c1-18(30)28(27(31)25-15-22-5-3-4-6-24(22)33-25)34(32-17-29)19(2)21-10-7-20(8-11-21)9-12-26(35)23-13-14-36-16-23/h3-6,13-17,20-21,33H,1-2,7-12,30-31H2,(H2,29,32)/b28-27-/t20-,21-. The molecule has 1 aliphatic rings. The number of para-hydroxylation sites is 1. The van der Waals surface area contributed by atoms with Gasteiger partial charge in [0.2, 0.25) is 0 Å². The highest BCUT2D eigenvalue weighted by Gasteiger charge is 2.29. The van der Waals surface area contributed by atoms with Crippen molar-refractivity contribution in [2.24, 2.45) is 34.1 Å². The monoisotopic (exact) mass is 502 g/mol. The lowest BCUT2D eigenvalue weighted by Gasteiger charge is -2.34. The predicted octanol–water partition coefficient (Wildman–Crippen LogP) is 5.52. The molecule has 1 aromatic carbocycles. The van der Waals surface area contributed by atoms with Gasteiger partial charge in [-0.3, -0.25) is 4.79 Å². The number of ketones is 1. The molecule has 0 amide bonds. The second-order valence-corrected chi connectivity index (χ2v) is 10.1. The molecule has 4 rings (SSSR count). The first-order valence-corrected chi connectivity index (χ1v) is 13.1. The van der Waals surface area contributed by atoms with Gasteiger partial charge in [0.25, 0.3) is 0 Å². The summed E-state index contributed by atoms with van der Waals surface area (Å²) >= 11 is 1.56. The zero-order valence-electron chi connectivity index (χ0n) is 20.5. The van der Waals surface area contributed by atoms with E-state index in [1.165, 1.54) is 6.34 Å². The number of H-pyrrole nitrogens is 1. The van der Waals surface area contributed by atoms with Gasteiger partial charge in [-0.2, -0.15) is 16.4 Å². The van der Waals surface area contributed by atoms with Crippen molar-refractivity contribution >= 4 is 40.1 Å². The number of nitrogens with two attached hydrogens (primary N) is 3. The van der Waals surface area contributed by atoms with Crippen molar-refractivity contribution in [3.63, 3.8) is 0 Å². The molecular weight excluding hydrogens is 468 g/mol. The molecule has 0 unspecified atom stereocenters. The number of aromatic nitrogens is 1. The molecule has 1 saturated carbocycles. The fraction of sp³-hybridized carbons (Fsp3) is 0.286. The van der Waals surface area contributed by atoms with E-state index in [1.807, 2.05) is 47.2 Å². The Labute approximate surface area is 216 Å². The number of Topliss-reactive ketones (excluding diaryl/α,β-unsaturated/α-hetero) is 1. The number of carbonyl (C=O) groups is 1. The molecule has 188 valence electrons. The summed E-state index contributed by atoms with van der Waals surface area (Å²) in [7, 11) is 0. The Balaban J connectivity index is 1.47. The first kappa shape index (κ1) is 25.3. The van der Waals surface area contributed by atoms with Crippen molar-refractivity contribution in [1.82, 2.24) is 9.99 Å². The van der Waals surface area contributed by atoms with Crippen LogP contribution in [0.15, 0.2) is 82.5 Å². The minimum absolute atomic E-state index is 0.197. The van der Waals surface area contributed by atoms with Crippen LogP contribution in [0, 0.1) is 11.8 Å². The van der Waals surface area contributed by atoms with Crippen molar-refractivity contribution in [2.75, 3.05) is 0 Å². The number of hydrogen-bond acceptors (Lipinski definition) is 6. The Morgan fingerprint density at radius 2 is 1.92 bits per heavy atom. The summed E-state index contributed by atoms with van der Waals surface area (Å²) in [4.78, 5) is 15.7. The highest BCUT2D eigenvalue weighted by Crippen LogP contribution is 2.38. The molecule has 8 heteroatoms. The van der Waals surface area contributed by atoms with Crippen LogP contribution in [0.2, 0.25) is 0 Å². The van der Waals surface area contributed by atoms with Gasteiger partial charge >= 0.3 is 0 Å². The molecule has 0 radical (unpaired) electrons. The Morgan fingerprint density at radius 3 is 2.56 bits per heavy atom. The van der Waals surface area contributed by atoms with E-state index >= 15 is 0 Å². The lowest BCUT2D eigenvalue weighted by Crippen LogP contribution is -2.29. The number of rotatable bonds is 10. The van der Waals surface area contributed by atoms with Gasteiger partial charge in [0, 0.05) is 39.9 Å². The van der Waals surface area contributed by atoms with Crippen LogP contribution in [0.1, 0.15) is 54.6 Å². The third-order valence-electron chi connectivity index (χ3n) is 6.99. The number of carbonyl (C=O) groups excluding carboxylic acids is 1. The predicted molar refractivity (Wildman–Crippen MR) is 150 cm³/mol. The fourth-order valence-corrected chi connectivity index (χ4v) is 5.63. The SMILES string of the molecule is C=C(N)/C(=C(/N)c1cc2ccccc2[nH]1)N(/N=C\N)C(=C)[C@H]1CC[C@H](CCC(=O)c2ccsc2)CC1. The molecule has 7 nitrogen and oxygen atoms in total. The van der Waals surface area contributed by atoms with Crippen LogP contribution >= 0.6 is 11.3 Å². The molecule has 2 aromatic heterocycles. The summed E-state index contributed by atoms with van der Waals surface area (Å²) < 4.78 is 0. The smallest absolute Gasteiger partial charge is 0.163 e. The average molecular weight is 503 g/mol. The number of nitrogens with zero attached hydrogens (tertiary/aromatic N) is 2. The first-order chi connectivity index (χ1) is 17.4. The zero-order chi connectivity index (χ0) is 25.7. The van der Waals surface area contributed by atoms with Crippen molar-refractivity contribution in [1.29, 1.82) is 0 Å². The van der Waals surface area contributed by atoms with Gasteiger partial charge in [-0.15, -0.1) is 0 Å². The van der Waals surface area contributed by atoms with Gasteiger partial charge in [-0.25, -0.2) is 5.01 Å². The summed E-state index contributed by atoms with van der Waals surface area (Å²) in [5.74, 6) is 0.955. The summed E-state index contributed by atoms with van der Waals surface area (Å²) in [5, 5.41) is 10.9. The van der Waals surface area contributed by atoms with Crippen molar-refractivity contribution in [3.05, 3.63) is 88.7 Å². The van der Waals surface area contributed by atoms with E-state index in [9.17, 15) is 4.79 Å². The van der Waals surface area contributed by atoms with Gasteiger partial charge < -0.3 is 22.2 Å². The van der Waals surface area contributed by atoms with Crippen LogP contribution < -0.4 is 17.2 Å². The molecule has 1 fully saturated rings. The van der Waals surface area contributed by atoms with Gasteiger partial charge in [0.15, 0.2) is 5.78 Å². The molecule has 7 N–H and O–H groups in total. The molecule has 3 aromatic rings. The quantitative estimate of drug-likeness (QED) is 0.0955. The van der Waals surface area contributed by atoms with E-state index < -0.39 is 0 Å². The molecule has 0 atom stereocenters. The van der Waals surface area contributed by atoms with Crippen LogP contribution in [0.25, 0.3) is 16.6 Å². The van der Waals surface area contributed by atoms with Gasteiger partial charge in [-0.1, -0.05) is 31.4 Å². The number of allylic oxidation sites excluding steroid dienone is 1. The maximum Gasteiger partial charge on any atom is 0.163 e.